The highest BCUT2D eigenvalue weighted by Gasteiger charge is 2.18. The van der Waals surface area contributed by atoms with E-state index in [4.69, 9.17) is 10.7 Å². The van der Waals surface area contributed by atoms with Crippen LogP contribution >= 0.6 is 34.0 Å². The predicted octanol–water partition coefficient (Wildman–Crippen LogP) is 4.31. The SMILES string of the molecule is NCc1c(-c2cccs2)nc2scc(-c3cccs3)n12. The van der Waals surface area contributed by atoms with Crippen molar-refractivity contribution in [3.8, 4) is 21.1 Å². The van der Waals surface area contributed by atoms with Gasteiger partial charge in [-0.3, -0.25) is 4.40 Å². The number of rotatable bonds is 3. The van der Waals surface area contributed by atoms with Crippen LogP contribution in [0.5, 0.6) is 0 Å². The minimum atomic E-state index is 0.490. The molecule has 20 heavy (non-hydrogen) atoms. The molecule has 0 aliphatic rings. The van der Waals surface area contributed by atoms with Gasteiger partial charge in [0, 0.05) is 11.9 Å². The Morgan fingerprint density at radius 1 is 1.05 bits per heavy atom. The zero-order valence-electron chi connectivity index (χ0n) is 10.4. The van der Waals surface area contributed by atoms with Crippen molar-refractivity contribution in [1.82, 2.24) is 9.38 Å². The largest absolute Gasteiger partial charge is 0.325 e. The second-order valence-electron chi connectivity index (χ2n) is 4.30. The number of aromatic nitrogens is 2. The molecule has 4 rings (SSSR count). The highest BCUT2D eigenvalue weighted by Crippen LogP contribution is 2.35. The number of hydrogen-bond acceptors (Lipinski definition) is 5. The lowest BCUT2D eigenvalue weighted by Gasteiger charge is -2.02. The van der Waals surface area contributed by atoms with Crippen LogP contribution in [0, 0.1) is 0 Å². The normalized spacial score (nSPS) is 11.4. The van der Waals surface area contributed by atoms with E-state index in [1.807, 2.05) is 6.07 Å². The molecule has 0 saturated carbocycles. The molecule has 0 bridgehead atoms. The first-order valence-corrected chi connectivity index (χ1v) is 8.79. The molecule has 0 amide bonds. The summed E-state index contributed by atoms with van der Waals surface area (Å²) < 4.78 is 2.20. The zero-order valence-corrected chi connectivity index (χ0v) is 12.9. The summed E-state index contributed by atoms with van der Waals surface area (Å²) in [6.45, 7) is 0.490. The van der Waals surface area contributed by atoms with E-state index in [1.165, 1.54) is 15.4 Å². The van der Waals surface area contributed by atoms with Crippen LogP contribution in [-0.4, -0.2) is 9.38 Å². The first kappa shape index (κ1) is 12.3. The molecule has 4 heterocycles. The minimum Gasteiger partial charge on any atom is -0.325 e. The number of hydrogen-bond donors (Lipinski definition) is 1. The van der Waals surface area contributed by atoms with Gasteiger partial charge in [-0.1, -0.05) is 12.1 Å². The summed E-state index contributed by atoms with van der Waals surface area (Å²) in [4.78, 5) is 8.21. The molecular formula is C14H11N3S3. The molecule has 0 aromatic carbocycles. The summed E-state index contributed by atoms with van der Waals surface area (Å²) in [5.74, 6) is 0. The second kappa shape index (κ2) is 4.82. The molecule has 0 aliphatic carbocycles. The van der Waals surface area contributed by atoms with E-state index in [-0.39, 0.29) is 0 Å². The van der Waals surface area contributed by atoms with E-state index >= 15 is 0 Å². The van der Waals surface area contributed by atoms with Crippen LogP contribution in [0.1, 0.15) is 5.69 Å². The van der Waals surface area contributed by atoms with Gasteiger partial charge < -0.3 is 5.73 Å². The average Bonchev–Trinajstić information content (AvgIpc) is 3.21. The van der Waals surface area contributed by atoms with Gasteiger partial charge in [0.2, 0.25) is 0 Å². The van der Waals surface area contributed by atoms with Crippen LogP contribution in [0.4, 0.5) is 0 Å². The van der Waals surface area contributed by atoms with Crippen molar-refractivity contribution in [2.24, 2.45) is 5.73 Å². The molecule has 3 nitrogen and oxygen atoms in total. The number of imidazole rings is 1. The topological polar surface area (TPSA) is 43.3 Å². The molecule has 0 radical (unpaired) electrons. The van der Waals surface area contributed by atoms with Crippen LogP contribution in [0.3, 0.4) is 0 Å². The van der Waals surface area contributed by atoms with Gasteiger partial charge in [0.25, 0.3) is 0 Å². The van der Waals surface area contributed by atoms with Crippen LogP contribution in [0.25, 0.3) is 26.1 Å². The Morgan fingerprint density at radius 3 is 2.45 bits per heavy atom. The van der Waals surface area contributed by atoms with Crippen molar-refractivity contribution in [3.05, 3.63) is 46.1 Å². The number of thiophene rings is 2. The van der Waals surface area contributed by atoms with Gasteiger partial charge in [-0.25, -0.2) is 4.98 Å². The lowest BCUT2D eigenvalue weighted by molar-refractivity contribution is 0.975. The molecular weight excluding hydrogens is 306 g/mol. The van der Waals surface area contributed by atoms with Crippen molar-refractivity contribution >= 4 is 39.0 Å². The fourth-order valence-electron chi connectivity index (χ4n) is 2.31. The van der Waals surface area contributed by atoms with E-state index in [0.29, 0.717) is 6.54 Å². The van der Waals surface area contributed by atoms with E-state index in [1.54, 1.807) is 34.0 Å². The fourth-order valence-corrected chi connectivity index (χ4v) is 4.76. The Bertz CT molecular complexity index is 838. The number of fused-ring (bicyclic) bond motifs is 1. The minimum absolute atomic E-state index is 0.490. The summed E-state index contributed by atoms with van der Waals surface area (Å²) in [7, 11) is 0. The van der Waals surface area contributed by atoms with Crippen molar-refractivity contribution in [3.63, 3.8) is 0 Å². The average molecular weight is 317 g/mol. The van der Waals surface area contributed by atoms with Crippen molar-refractivity contribution in [1.29, 1.82) is 0 Å². The molecule has 0 spiro atoms. The number of thiazole rings is 1. The molecule has 2 N–H and O–H groups in total. The third-order valence-corrected chi connectivity index (χ3v) is 5.78. The van der Waals surface area contributed by atoms with E-state index in [9.17, 15) is 0 Å². The highest BCUT2D eigenvalue weighted by atomic mass is 32.1. The van der Waals surface area contributed by atoms with Gasteiger partial charge in [0.05, 0.1) is 21.1 Å². The van der Waals surface area contributed by atoms with Gasteiger partial charge in [-0.15, -0.1) is 34.0 Å². The fraction of sp³-hybridized carbons (Fsp3) is 0.0714. The maximum absolute atomic E-state index is 6.00. The molecule has 4 aromatic heterocycles. The lowest BCUT2D eigenvalue weighted by Crippen LogP contribution is -2.02. The monoisotopic (exact) mass is 317 g/mol. The van der Waals surface area contributed by atoms with Gasteiger partial charge in [0.15, 0.2) is 4.96 Å². The standard InChI is InChI=1S/C14H11N3S3/c15-7-9-13(12-4-2-6-19-12)16-14-17(9)10(8-20-14)11-3-1-5-18-11/h1-6,8H,7,15H2. The Labute approximate surface area is 128 Å². The third-order valence-electron chi connectivity index (χ3n) is 3.18. The summed E-state index contributed by atoms with van der Waals surface area (Å²) >= 11 is 5.11. The van der Waals surface area contributed by atoms with Crippen LogP contribution < -0.4 is 5.73 Å². The van der Waals surface area contributed by atoms with Crippen molar-refractivity contribution in [2.75, 3.05) is 0 Å². The summed E-state index contributed by atoms with van der Waals surface area (Å²) in [5.41, 5.74) is 9.30. The summed E-state index contributed by atoms with van der Waals surface area (Å²) in [6, 6.07) is 8.36. The molecule has 0 fully saturated rings. The molecule has 100 valence electrons. The van der Waals surface area contributed by atoms with Gasteiger partial charge in [-0.05, 0) is 22.9 Å². The predicted molar refractivity (Wildman–Crippen MR) is 87.6 cm³/mol. The molecule has 0 saturated heterocycles. The van der Waals surface area contributed by atoms with Gasteiger partial charge >= 0.3 is 0 Å². The quantitative estimate of drug-likeness (QED) is 0.612. The second-order valence-corrected chi connectivity index (χ2v) is 7.04. The molecule has 0 unspecified atom stereocenters. The maximum atomic E-state index is 6.00. The van der Waals surface area contributed by atoms with Gasteiger partial charge in [0.1, 0.15) is 5.69 Å². The first-order chi connectivity index (χ1) is 9.88. The molecule has 4 aromatic rings. The molecule has 6 heteroatoms. The molecule has 0 aliphatic heterocycles. The Balaban J connectivity index is 2.01. The number of nitrogens with two attached hydrogens (primary N) is 1. The van der Waals surface area contributed by atoms with Crippen molar-refractivity contribution in [2.45, 2.75) is 6.54 Å². The van der Waals surface area contributed by atoms with Crippen LogP contribution in [0.15, 0.2) is 40.4 Å². The third kappa shape index (κ3) is 1.76. The van der Waals surface area contributed by atoms with E-state index in [0.717, 1.165) is 16.3 Å². The first-order valence-electron chi connectivity index (χ1n) is 6.15. The highest BCUT2D eigenvalue weighted by molar-refractivity contribution is 7.17. The van der Waals surface area contributed by atoms with Crippen LogP contribution in [-0.2, 0) is 6.54 Å². The van der Waals surface area contributed by atoms with Crippen LogP contribution in [0.2, 0.25) is 0 Å². The summed E-state index contributed by atoms with van der Waals surface area (Å²) in [6.07, 6.45) is 0. The Hall–Kier alpha value is -1.47. The lowest BCUT2D eigenvalue weighted by atomic mass is 10.2. The Kier molecular flexibility index (Phi) is 2.96. The zero-order chi connectivity index (χ0) is 13.5. The smallest absolute Gasteiger partial charge is 0.195 e. The van der Waals surface area contributed by atoms with E-state index < -0.39 is 0 Å². The van der Waals surface area contributed by atoms with Gasteiger partial charge in [-0.2, -0.15) is 0 Å². The maximum Gasteiger partial charge on any atom is 0.195 e. The Morgan fingerprint density at radius 2 is 1.80 bits per heavy atom. The number of nitrogens with zero attached hydrogens (tertiary/aromatic N) is 2. The van der Waals surface area contributed by atoms with Crippen molar-refractivity contribution < 1.29 is 0 Å². The molecule has 0 atom stereocenters. The van der Waals surface area contributed by atoms with E-state index in [2.05, 4.69) is 38.7 Å². The summed E-state index contributed by atoms with van der Waals surface area (Å²) in [5, 5.41) is 6.33.